The smallest absolute Gasteiger partial charge is 0.441 e. The van der Waals surface area contributed by atoms with Gasteiger partial charge in [-0.2, -0.15) is 5.10 Å². The average molecular weight is 450 g/mol. The second-order valence-electron chi connectivity index (χ2n) is 5.74. The van der Waals surface area contributed by atoms with E-state index in [0.29, 0.717) is 17.1 Å². The second kappa shape index (κ2) is 7.21. The SMILES string of the molecule is COc1ccc(-c2nn3ccc(Br)cc3c2-c2noc(=O)n2CCCl)cc1. The minimum atomic E-state index is -0.555. The molecule has 3 heterocycles. The van der Waals surface area contributed by atoms with E-state index in [4.69, 9.17) is 26.0 Å². The molecule has 0 unspecified atom stereocenters. The summed E-state index contributed by atoms with van der Waals surface area (Å²) in [5, 5.41) is 8.69. The molecule has 4 aromatic rings. The Hall–Kier alpha value is -2.58. The zero-order chi connectivity index (χ0) is 19.0. The van der Waals surface area contributed by atoms with Crippen molar-refractivity contribution in [1.29, 1.82) is 0 Å². The number of benzene rings is 1. The molecule has 3 aromatic heterocycles. The van der Waals surface area contributed by atoms with Crippen LogP contribution in [-0.2, 0) is 6.54 Å². The maximum absolute atomic E-state index is 12.1. The third kappa shape index (κ3) is 3.15. The monoisotopic (exact) mass is 448 g/mol. The molecule has 1 aromatic carbocycles. The van der Waals surface area contributed by atoms with Crippen LogP contribution in [0.2, 0.25) is 0 Å². The topological polar surface area (TPSA) is 74.6 Å². The highest BCUT2D eigenvalue weighted by atomic mass is 79.9. The van der Waals surface area contributed by atoms with Gasteiger partial charge in [0.05, 0.1) is 18.2 Å². The third-order valence-corrected chi connectivity index (χ3v) is 4.84. The van der Waals surface area contributed by atoms with Crippen LogP contribution in [0.25, 0.3) is 28.2 Å². The first-order chi connectivity index (χ1) is 13.1. The predicted molar refractivity (Wildman–Crippen MR) is 105 cm³/mol. The summed E-state index contributed by atoms with van der Waals surface area (Å²) >= 11 is 9.35. The third-order valence-electron chi connectivity index (χ3n) is 4.18. The molecule has 0 amide bonds. The first-order valence-electron chi connectivity index (χ1n) is 8.07. The van der Waals surface area contributed by atoms with Gasteiger partial charge in [-0.3, -0.25) is 9.09 Å². The Morgan fingerprint density at radius 3 is 2.74 bits per heavy atom. The minimum absolute atomic E-state index is 0.259. The normalized spacial score (nSPS) is 11.2. The van der Waals surface area contributed by atoms with Gasteiger partial charge in [0.2, 0.25) is 0 Å². The van der Waals surface area contributed by atoms with E-state index >= 15 is 0 Å². The van der Waals surface area contributed by atoms with Gasteiger partial charge in [-0.25, -0.2) is 9.31 Å². The molecule has 0 bridgehead atoms. The highest BCUT2D eigenvalue weighted by Gasteiger charge is 2.23. The number of hydrogen-bond donors (Lipinski definition) is 0. The Labute approximate surface area is 167 Å². The highest BCUT2D eigenvalue weighted by molar-refractivity contribution is 9.10. The standard InChI is InChI=1S/C18H14BrClN4O3/c1-26-13-4-2-11(3-5-13)16-15(14-10-12(19)6-8-24(14)21-16)17-22-27-18(25)23(17)9-7-20/h2-6,8,10H,7,9H2,1H3. The maximum Gasteiger partial charge on any atom is 0.441 e. The number of alkyl halides is 1. The van der Waals surface area contributed by atoms with Crippen LogP contribution >= 0.6 is 27.5 Å². The van der Waals surface area contributed by atoms with Crippen molar-refractivity contribution in [2.75, 3.05) is 13.0 Å². The molecule has 0 aliphatic rings. The molecule has 0 aliphatic heterocycles. The van der Waals surface area contributed by atoms with E-state index in [1.54, 1.807) is 11.6 Å². The van der Waals surface area contributed by atoms with Gasteiger partial charge in [0.1, 0.15) is 11.4 Å². The van der Waals surface area contributed by atoms with E-state index in [2.05, 4.69) is 21.1 Å². The number of hydrogen-bond acceptors (Lipinski definition) is 5. The molecule has 0 spiro atoms. The van der Waals surface area contributed by atoms with Crippen LogP contribution in [0, 0.1) is 0 Å². The lowest BCUT2D eigenvalue weighted by atomic mass is 10.1. The summed E-state index contributed by atoms with van der Waals surface area (Å²) in [5.41, 5.74) is 3.01. The van der Waals surface area contributed by atoms with Gasteiger partial charge in [0.15, 0.2) is 5.82 Å². The lowest BCUT2D eigenvalue weighted by molar-refractivity contribution is 0.377. The molecule has 0 saturated carbocycles. The molecule has 0 N–H and O–H groups in total. The zero-order valence-corrected chi connectivity index (χ0v) is 16.6. The number of aromatic nitrogens is 4. The van der Waals surface area contributed by atoms with Crippen molar-refractivity contribution in [3.05, 3.63) is 57.6 Å². The van der Waals surface area contributed by atoms with Crippen molar-refractivity contribution in [2.45, 2.75) is 6.54 Å². The van der Waals surface area contributed by atoms with Gasteiger partial charge < -0.3 is 4.74 Å². The Bertz CT molecular complexity index is 1160. The fourth-order valence-corrected chi connectivity index (χ4v) is 3.43. The van der Waals surface area contributed by atoms with Crippen LogP contribution in [0.3, 0.4) is 0 Å². The number of pyridine rings is 1. The molecule has 0 fully saturated rings. The van der Waals surface area contributed by atoms with Crippen molar-refractivity contribution < 1.29 is 9.26 Å². The van der Waals surface area contributed by atoms with Crippen molar-refractivity contribution in [3.8, 4) is 28.4 Å². The van der Waals surface area contributed by atoms with Crippen molar-refractivity contribution >= 4 is 33.0 Å². The quantitative estimate of drug-likeness (QED) is 0.433. The largest absolute Gasteiger partial charge is 0.497 e. The summed E-state index contributed by atoms with van der Waals surface area (Å²) < 4.78 is 14.2. The minimum Gasteiger partial charge on any atom is -0.497 e. The molecule has 0 radical (unpaired) electrons. The van der Waals surface area contributed by atoms with Crippen LogP contribution in [0.5, 0.6) is 5.75 Å². The predicted octanol–water partition coefficient (Wildman–Crippen LogP) is 3.83. The first kappa shape index (κ1) is 17.8. The molecule has 9 heteroatoms. The van der Waals surface area contributed by atoms with Crippen molar-refractivity contribution in [1.82, 2.24) is 19.3 Å². The molecule has 138 valence electrons. The van der Waals surface area contributed by atoms with E-state index < -0.39 is 5.76 Å². The number of halogens is 2. The van der Waals surface area contributed by atoms with Crippen molar-refractivity contribution in [3.63, 3.8) is 0 Å². The van der Waals surface area contributed by atoms with Crippen molar-refractivity contribution in [2.24, 2.45) is 0 Å². The molecular formula is C18H14BrClN4O3. The number of fused-ring (bicyclic) bond motifs is 1. The fourth-order valence-electron chi connectivity index (χ4n) is 2.92. The van der Waals surface area contributed by atoms with Crippen LogP contribution in [0.1, 0.15) is 0 Å². The van der Waals surface area contributed by atoms with Gasteiger partial charge in [-0.15, -0.1) is 11.6 Å². The summed E-state index contributed by atoms with van der Waals surface area (Å²) in [6, 6.07) is 11.3. The molecule has 27 heavy (non-hydrogen) atoms. The second-order valence-corrected chi connectivity index (χ2v) is 7.03. The summed E-state index contributed by atoms with van der Waals surface area (Å²) in [5.74, 6) is 0.835. The Morgan fingerprint density at radius 1 is 1.26 bits per heavy atom. The van der Waals surface area contributed by atoms with Crippen LogP contribution in [0.4, 0.5) is 0 Å². The molecular weight excluding hydrogens is 436 g/mol. The zero-order valence-electron chi connectivity index (χ0n) is 14.2. The van der Waals surface area contributed by atoms with Gasteiger partial charge in [-0.1, -0.05) is 21.1 Å². The van der Waals surface area contributed by atoms with Gasteiger partial charge in [-0.05, 0) is 36.4 Å². The highest BCUT2D eigenvalue weighted by Crippen LogP contribution is 2.35. The molecule has 7 nitrogen and oxygen atoms in total. The first-order valence-corrected chi connectivity index (χ1v) is 9.40. The average Bonchev–Trinajstić information content (AvgIpc) is 3.22. The number of methoxy groups -OCH3 is 1. The summed E-state index contributed by atoms with van der Waals surface area (Å²) in [7, 11) is 1.61. The van der Waals surface area contributed by atoms with E-state index in [9.17, 15) is 4.79 Å². The number of ether oxygens (including phenoxy) is 1. The summed E-state index contributed by atoms with van der Waals surface area (Å²) in [6.45, 7) is 0.284. The van der Waals surface area contributed by atoms with E-state index in [-0.39, 0.29) is 12.4 Å². The van der Waals surface area contributed by atoms with Crippen LogP contribution in [-0.4, -0.2) is 32.3 Å². The molecule has 0 atom stereocenters. The Morgan fingerprint density at radius 2 is 2.04 bits per heavy atom. The summed E-state index contributed by atoms with van der Waals surface area (Å²) in [6.07, 6.45) is 1.83. The molecule has 0 saturated heterocycles. The van der Waals surface area contributed by atoms with E-state index in [1.165, 1.54) is 4.57 Å². The van der Waals surface area contributed by atoms with Crippen LogP contribution < -0.4 is 10.5 Å². The van der Waals surface area contributed by atoms with Gasteiger partial charge in [0, 0.05) is 28.7 Å². The number of rotatable bonds is 5. The fraction of sp³-hybridized carbons (Fsp3) is 0.167. The Kier molecular flexibility index (Phi) is 4.75. The van der Waals surface area contributed by atoms with Gasteiger partial charge >= 0.3 is 5.76 Å². The lowest BCUT2D eigenvalue weighted by Crippen LogP contribution is -2.16. The Balaban J connectivity index is 2.02. The lowest BCUT2D eigenvalue weighted by Gasteiger charge is -2.05. The number of nitrogens with zero attached hydrogens (tertiary/aromatic N) is 4. The van der Waals surface area contributed by atoms with Crippen LogP contribution in [0.15, 0.2) is 56.4 Å². The van der Waals surface area contributed by atoms with E-state index in [0.717, 1.165) is 21.3 Å². The van der Waals surface area contributed by atoms with E-state index in [1.807, 2.05) is 42.6 Å². The summed E-state index contributed by atoms with van der Waals surface area (Å²) in [4.78, 5) is 12.1. The molecule has 4 rings (SSSR count). The molecule has 0 aliphatic carbocycles. The van der Waals surface area contributed by atoms with Gasteiger partial charge in [0.25, 0.3) is 0 Å². The maximum atomic E-state index is 12.1.